The Morgan fingerprint density at radius 3 is 2.58 bits per heavy atom. The zero-order valence-electron chi connectivity index (χ0n) is 17.5. The second-order valence-corrected chi connectivity index (χ2v) is 11.1. The summed E-state index contributed by atoms with van der Waals surface area (Å²) < 4.78 is 26.7. The third kappa shape index (κ3) is 3.70. The van der Waals surface area contributed by atoms with Gasteiger partial charge in [0.05, 0.1) is 6.26 Å². The summed E-state index contributed by atoms with van der Waals surface area (Å²) in [6, 6.07) is 3.76. The molecule has 0 amide bonds. The lowest BCUT2D eigenvalue weighted by molar-refractivity contribution is 0.328. The van der Waals surface area contributed by atoms with Gasteiger partial charge in [-0.05, 0) is 50.0 Å². The van der Waals surface area contributed by atoms with Gasteiger partial charge in [0.15, 0.2) is 0 Å². The highest BCUT2D eigenvalue weighted by Crippen LogP contribution is 2.50. The Bertz CT molecular complexity index is 1230. The van der Waals surface area contributed by atoms with E-state index in [-0.39, 0.29) is 23.2 Å². The Hall–Kier alpha value is -2.51. The van der Waals surface area contributed by atoms with Gasteiger partial charge in [0.25, 0.3) is 5.56 Å². The smallest absolute Gasteiger partial charge is 0.270 e. The molecule has 2 saturated carbocycles. The molecule has 0 unspecified atom stereocenters. The van der Waals surface area contributed by atoms with Gasteiger partial charge in [0, 0.05) is 36.8 Å². The number of rotatable bonds is 4. The zero-order chi connectivity index (χ0) is 21.8. The Labute approximate surface area is 181 Å². The van der Waals surface area contributed by atoms with Crippen molar-refractivity contribution in [2.24, 2.45) is 11.8 Å². The molecule has 3 atom stereocenters. The average molecular weight is 443 g/mol. The highest BCUT2D eigenvalue weighted by atomic mass is 32.2. The minimum absolute atomic E-state index is 0.0662. The lowest BCUT2D eigenvalue weighted by Gasteiger charge is -2.30. The first-order valence-corrected chi connectivity index (χ1v) is 12.7. The summed E-state index contributed by atoms with van der Waals surface area (Å²) >= 11 is 0. The molecule has 2 bridgehead atoms. The first-order valence-electron chi connectivity index (χ1n) is 10.9. The topological polar surface area (TPSA) is 121 Å². The molecule has 9 nitrogen and oxygen atoms in total. The molecule has 2 aromatic rings. The van der Waals surface area contributed by atoms with Gasteiger partial charge in [-0.3, -0.25) is 9.36 Å². The number of fused-ring (bicyclic) bond motifs is 3. The van der Waals surface area contributed by atoms with Crippen LogP contribution in [0.4, 0.5) is 5.95 Å². The van der Waals surface area contributed by atoms with E-state index < -0.39 is 10.0 Å². The summed E-state index contributed by atoms with van der Waals surface area (Å²) in [5, 5.41) is 13.5. The second-order valence-electron chi connectivity index (χ2n) is 9.14. The fraction of sp³-hybridized carbons (Fsp3) is 0.619. The minimum atomic E-state index is -3.17. The van der Waals surface area contributed by atoms with Crippen LogP contribution in [-0.4, -0.2) is 52.6 Å². The van der Waals surface area contributed by atoms with Crippen LogP contribution < -0.4 is 10.9 Å². The monoisotopic (exact) mass is 442 g/mol. The summed E-state index contributed by atoms with van der Waals surface area (Å²) in [6.07, 6.45) is 8.69. The van der Waals surface area contributed by atoms with E-state index in [2.05, 4.69) is 10.3 Å². The summed E-state index contributed by atoms with van der Waals surface area (Å²) in [5.41, 5.74) is 0.444. The average Bonchev–Trinajstić information content (AvgIpc) is 3.37. The molecule has 0 spiro atoms. The van der Waals surface area contributed by atoms with Crippen molar-refractivity contribution in [2.75, 3.05) is 24.7 Å². The Morgan fingerprint density at radius 2 is 1.97 bits per heavy atom. The number of hydrogen-bond donors (Lipinski definition) is 1. The van der Waals surface area contributed by atoms with Crippen molar-refractivity contribution in [3.05, 3.63) is 28.2 Å². The molecule has 164 valence electrons. The van der Waals surface area contributed by atoms with E-state index in [1.807, 2.05) is 6.07 Å². The predicted octanol–water partition coefficient (Wildman–Crippen LogP) is 1.86. The normalized spacial score (nSPS) is 26.9. The molecule has 0 radical (unpaired) electrons. The second kappa shape index (κ2) is 7.57. The van der Waals surface area contributed by atoms with E-state index >= 15 is 0 Å². The van der Waals surface area contributed by atoms with E-state index in [0.29, 0.717) is 54.7 Å². The molecule has 1 saturated heterocycles. The summed E-state index contributed by atoms with van der Waals surface area (Å²) in [4.78, 5) is 22.2. The van der Waals surface area contributed by atoms with Crippen LogP contribution >= 0.6 is 0 Å². The number of pyridine rings is 1. The van der Waals surface area contributed by atoms with Crippen molar-refractivity contribution in [1.82, 2.24) is 18.8 Å². The number of piperidine rings is 1. The molecule has 3 heterocycles. The van der Waals surface area contributed by atoms with Crippen LogP contribution in [0.25, 0.3) is 11.0 Å². The molecule has 5 rings (SSSR count). The molecule has 10 heteroatoms. The van der Waals surface area contributed by atoms with Gasteiger partial charge in [0.1, 0.15) is 17.3 Å². The van der Waals surface area contributed by atoms with Crippen LogP contribution in [-0.2, 0) is 10.0 Å². The first-order chi connectivity index (χ1) is 14.8. The maximum Gasteiger partial charge on any atom is 0.270 e. The van der Waals surface area contributed by atoms with E-state index in [1.165, 1.54) is 17.0 Å². The fourth-order valence-corrected chi connectivity index (χ4v) is 6.49. The predicted molar refractivity (Wildman–Crippen MR) is 116 cm³/mol. The number of nitrogens with one attached hydrogen (secondary N) is 1. The Kier molecular flexibility index (Phi) is 4.98. The fourth-order valence-electron chi connectivity index (χ4n) is 5.62. The minimum Gasteiger partial charge on any atom is -0.351 e. The zero-order valence-corrected chi connectivity index (χ0v) is 18.3. The van der Waals surface area contributed by atoms with Crippen LogP contribution in [0.2, 0.25) is 0 Å². The van der Waals surface area contributed by atoms with Crippen molar-refractivity contribution in [3.63, 3.8) is 0 Å². The van der Waals surface area contributed by atoms with Gasteiger partial charge in [-0.15, -0.1) is 0 Å². The molecular formula is C21H26N6O3S. The Balaban J connectivity index is 1.46. The van der Waals surface area contributed by atoms with Crippen molar-refractivity contribution >= 4 is 27.0 Å². The van der Waals surface area contributed by atoms with Gasteiger partial charge in [0.2, 0.25) is 16.0 Å². The summed E-state index contributed by atoms with van der Waals surface area (Å²) in [6.45, 7) is 0.928. The van der Waals surface area contributed by atoms with Crippen molar-refractivity contribution in [1.29, 1.82) is 5.26 Å². The molecule has 3 aliphatic rings. The number of anilines is 1. The SMILES string of the molecule is CS(=O)(=O)N1CCC(Nc2ncc3cc(C#N)c(=O)n([C@@H]4C[C@H]5CC[C@@H]4C5)c3n2)CC1. The lowest BCUT2D eigenvalue weighted by Crippen LogP contribution is -2.42. The first kappa shape index (κ1) is 20.4. The van der Waals surface area contributed by atoms with Crippen LogP contribution in [0.5, 0.6) is 0 Å². The standard InChI is InChI=1S/C21H26N6O3S/c1-31(29,30)26-6-4-17(5-7-26)24-21-23-12-16-10-15(11-22)20(28)27(19(16)25-21)18-9-13-2-3-14(18)8-13/h10,12-14,17-18H,2-9H2,1H3,(H,23,24,25)/t13-,14+,18+/m0/s1. The largest absolute Gasteiger partial charge is 0.351 e. The maximum absolute atomic E-state index is 13.1. The van der Waals surface area contributed by atoms with Gasteiger partial charge < -0.3 is 5.32 Å². The van der Waals surface area contributed by atoms with Gasteiger partial charge in [-0.2, -0.15) is 10.2 Å². The molecular weight excluding hydrogens is 416 g/mol. The summed E-state index contributed by atoms with van der Waals surface area (Å²) in [7, 11) is -3.17. The highest BCUT2D eigenvalue weighted by Gasteiger charge is 2.41. The maximum atomic E-state index is 13.1. The number of sulfonamides is 1. The van der Waals surface area contributed by atoms with Gasteiger partial charge in [-0.25, -0.2) is 17.7 Å². The molecule has 2 aliphatic carbocycles. The molecule has 31 heavy (non-hydrogen) atoms. The molecule has 2 aromatic heterocycles. The third-order valence-corrected chi connectivity index (χ3v) is 8.49. The van der Waals surface area contributed by atoms with Gasteiger partial charge in [-0.1, -0.05) is 6.42 Å². The molecule has 1 aliphatic heterocycles. The van der Waals surface area contributed by atoms with Gasteiger partial charge >= 0.3 is 0 Å². The van der Waals surface area contributed by atoms with Crippen LogP contribution in [0.3, 0.4) is 0 Å². The van der Waals surface area contributed by atoms with Crippen molar-refractivity contribution in [2.45, 2.75) is 50.6 Å². The number of aromatic nitrogens is 3. The number of nitriles is 1. The summed E-state index contributed by atoms with van der Waals surface area (Å²) in [5.74, 6) is 1.56. The molecule has 0 aromatic carbocycles. The van der Waals surface area contributed by atoms with E-state index in [4.69, 9.17) is 4.98 Å². The van der Waals surface area contributed by atoms with E-state index in [1.54, 1.807) is 16.8 Å². The third-order valence-electron chi connectivity index (χ3n) is 7.18. The lowest BCUT2D eigenvalue weighted by atomic mass is 9.94. The molecule has 3 fully saturated rings. The van der Waals surface area contributed by atoms with E-state index in [0.717, 1.165) is 19.3 Å². The highest BCUT2D eigenvalue weighted by molar-refractivity contribution is 7.88. The van der Waals surface area contributed by atoms with Crippen LogP contribution in [0, 0.1) is 23.2 Å². The quantitative estimate of drug-likeness (QED) is 0.767. The van der Waals surface area contributed by atoms with Crippen molar-refractivity contribution < 1.29 is 8.42 Å². The van der Waals surface area contributed by atoms with E-state index in [9.17, 15) is 18.5 Å². The number of nitrogens with zero attached hydrogens (tertiary/aromatic N) is 5. The van der Waals surface area contributed by atoms with Crippen LogP contribution in [0.1, 0.15) is 50.1 Å². The molecule has 1 N–H and O–H groups in total. The number of hydrogen-bond acceptors (Lipinski definition) is 7. The Morgan fingerprint density at radius 1 is 1.19 bits per heavy atom. The van der Waals surface area contributed by atoms with Crippen LogP contribution in [0.15, 0.2) is 17.1 Å². The van der Waals surface area contributed by atoms with Crippen molar-refractivity contribution in [3.8, 4) is 6.07 Å².